The molecule has 20 heavy (non-hydrogen) atoms. The SMILES string of the molecule is Cc1cccc(SCc2ccc(/C(N)=N/O)cc2Cl)c1. The summed E-state index contributed by atoms with van der Waals surface area (Å²) in [5.74, 6) is 0.837. The van der Waals surface area contributed by atoms with E-state index < -0.39 is 0 Å². The second-order valence-corrected chi connectivity index (χ2v) is 5.85. The molecule has 0 bridgehead atoms. The molecule has 0 aromatic heterocycles. The second kappa shape index (κ2) is 6.68. The molecule has 5 heteroatoms. The van der Waals surface area contributed by atoms with E-state index in [1.165, 1.54) is 10.5 Å². The number of benzene rings is 2. The molecule has 2 rings (SSSR count). The summed E-state index contributed by atoms with van der Waals surface area (Å²) in [5, 5.41) is 12.2. The largest absolute Gasteiger partial charge is 0.409 e. The number of oxime groups is 1. The van der Waals surface area contributed by atoms with Crippen LogP contribution >= 0.6 is 23.4 Å². The number of hydrogen-bond acceptors (Lipinski definition) is 3. The van der Waals surface area contributed by atoms with Gasteiger partial charge in [-0.3, -0.25) is 0 Å². The second-order valence-electron chi connectivity index (χ2n) is 4.40. The Morgan fingerprint density at radius 2 is 2.10 bits per heavy atom. The summed E-state index contributed by atoms with van der Waals surface area (Å²) < 4.78 is 0. The number of rotatable bonds is 4. The molecule has 3 nitrogen and oxygen atoms in total. The molecule has 2 aromatic rings. The highest BCUT2D eigenvalue weighted by atomic mass is 35.5. The fourth-order valence-electron chi connectivity index (χ4n) is 1.75. The topological polar surface area (TPSA) is 58.6 Å². The van der Waals surface area contributed by atoms with Gasteiger partial charge in [-0.05, 0) is 30.7 Å². The van der Waals surface area contributed by atoms with Crippen LogP contribution < -0.4 is 5.73 Å². The number of hydrogen-bond donors (Lipinski definition) is 2. The Bertz CT molecular complexity index is 644. The van der Waals surface area contributed by atoms with Gasteiger partial charge in [0.2, 0.25) is 0 Å². The molecule has 0 radical (unpaired) electrons. The van der Waals surface area contributed by atoms with E-state index >= 15 is 0 Å². The van der Waals surface area contributed by atoms with E-state index in [0.717, 1.165) is 11.3 Å². The van der Waals surface area contributed by atoms with Gasteiger partial charge in [-0.25, -0.2) is 0 Å². The maximum Gasteiger partial charge on any atom is 0.170 e. The van der Waals surface area contributed by atoms with E-state index in [9.17, 15) is 0 Å². The van der Waals surface area contributed by atoms with Gasteiger partial charge >= 0.3 is 0 Å². The molecule has 0 heterocycles. The number of amidine groups is 1. The third-order valence-electron chi connectivity index (χ3n) is 2.84. The minimum Gasteiger partial charge on any atom is -0.409 e. The monoisotopic (exact) mass is 306 g/mol. The quantitative estimate of drug-likeness (QED) is 0.295. The van der Waals surface area contributed by atoms with Gasteiger partial charge in [0.25, 0.3) is 0 Å². The van der Waals surface area contributed by atoms with Gasteiger partial charge in [0.05, 0.1) is 0 Å². The first-order valence-electron chi connectivity index (χ1n) is 6.06. The van der Waals surface area contributed by atoms with Crippen molar-refractivity contribution in [2.24, 2.45) is 10.9 Å². The minimum atomic E-state index is 0.0600. The molecule has 0 saturated carbocycles. The molecule has 3 N–H and O–H groups in total. The van der Waals surface area contributed by atoms with Crippen molar-refractivity contribution in [3.63, 3.8) is 0 Å². The Morgan fingerprint density at radius 1 is 1.30 bits per heavy atom. The Balaban J connectivity index is 2.11. The lowest BCUT2D eigenvalue weighted by Crippen LogP contribution is -2.12. The summed E-state index contributed by atoms with van der Waals surface area (Å²) in [4.78, 5) is 1.21. The van der Waals surface area contributed by atoms with E-state index in [-0.39, 0.29) is 5.84 Å². The average molecular weight is 307 g/mol. The van der Waals surface area contributed by atoms with Crippen LogP contribution in [0.25, 0.3) is 0 Å². The van der Waals surface area contributed by atoms with E-state index in [4.69, 9.17) is 22.5 Å². The van der Waals surface area contributed by atoms with E-state index in [0.29, 0.717) is 10.6 Å². The molecule has 0 aliphatic heterocycles. The fourth-order valence-corrected chi connectivity index (χ4v) is 3.09. The highest BCUT2D eigenvalue weighted by Crippen LogP contribution is 2.27. The minimum absolute atomic E-state index is 0.0600. The smallest absolute Gasteiger partial charge is 0.170 e. The van der Waals surface area contributed by atoms with Crippen molar-refractivity contribution < 1.29 is 5.21 Å². The van der Waals surface area contributed by atoms with Crippen LogP contribution in [0.2, 0.25) is 5.02 Å². The van der Waals surface area contributed by atoms with Crippen molar-refractivity contribution in [3.8, 4) is 0 Å². The van der Waals surface area contributed by atoms with Crippen LogP contribution in [0.4, 0.5) is 0 Å². The van der Waals surface area contributed by atoms with Gasteiger partial charge in [0.15, 0.2) is 5.84 Å². The Hall–Kier alpha value is -1.65. The normalized spacial score (nSPS) is 11.6. The van der Waals surface area contributed by atoms with Crippen LogP contribution in [0.15, 0.2) is 52.5 Å². The average Bonchev–Trinajstić information content (AvgIpc) is 2.45. The molecule has 0 atom stereocenters. The van der Waals surface area contributed by atoms with Crippen molar-refractivity contribution in [2.45, 2.75) is 17.6 Å². The van der Waals surface area contributed by atoms with Crippen molar-refractivity contribution in [1.82, 2.24) is 0 Å². The first-order valence-corrected chi connectivity index (χ1v) is 7.42. The van der Waals surface area contributed by atoms with Crippen LogP contribution in [-0.2, 0) is 5.75 Å². The highest BCUT2D eigenvalue weighted by molar-refractivity contribution is 7.98. The van der Waals surface area contributed by atoms with Crippen molar-refractivity contribution in [2.75, 3.05) is 0 Å². The number of aryl methyl sites for hydroxylation is 1. The highest BCUT2D eigenvalue weighted by Gasteiger charge is 2.06. The predicted octanol–water partition coefficient (Wildman–Crippen LogP) is 4.04. The lowest BCUT2D eigenvalue weighted by molar-refractivity contribution is 0.318. The number of halogens is 1. The van der Waals surface area contributed by atoms with Crippen molar-refractivity contribution >= 4 is 29.2 Å². The van der Waals surface area contributed by atoms with E-state index in [2.05, 4.69) is 30.3 Å². The summed E-state index contributed by atoms with van der Waals surface area (Å²) in [6, 6.07) is 13.7. The van der Waals surface area contributed by atoms with Crippen LogP contribution in [0, 0.1) is 6.92 Å². The third kappa shape index (κ3) is 3.68. The summed E-state index contributed by atoms with van der Waals surface area (Å²) in [6.07, 6.45) is 0. The number of nitrogens with zero attached hydrogens (tertiary/aromatic N) is 1. The van der Waals surface area contributed by atoms with Gasteiger partial charge in [0, 0.05) is 21.2 Å². The van der Waals surface area contributed by atoms with Gasteiger partial charge in [-0.2, -0.15) is 0 Å². The van der Waals surface area contributed by atoms with Crippen LogP contribution in [0.1, 0.15) is 16.7 Å². The summed E-state index contributed by atoms with van der Waals surface area (Å²) >= 11 is 7.95. The molecule has 0 spiro atoms. The molecule has 0 fully saturated rings. The molecule has 0 saturated heterocycles. The van der Waals surface area contributed by atoms with E-state index in [1.54, 1.807) is 23.9 Å². The van der Waals surface area contributed by atoms with Gasteiger partial charge in [-0.1, -0.05) is 46.6 Å². The molecule has 104 valence electrons. The van der Waals surface area contributed by atoms with Crippen LogP contribution in [0.5, 0.6) is 0 Å². The molecule has 2 aromatic carbocycles. The fraction of sp³-hybridized carbons (Fsp3) is 0.133. The lowest BCUT2D eigenvalue weighted by atomic mass is 10.1. The lowest BCUT2D eigenvalue weighted by Gasteiger charge is -2.07. The first kappa shape index (κ1) is 14.8. The molecule has 0 aliphatic carbocycles. The first-order chi connectivity index (χ1) is 9.60. The molecular weight excluding hydrogens is 292 g/mol. The van der Waals surface area contributed by atoms with Crippen molar-refractivity contribution in [3.05, 3.63) is 64.2 Å². The number of nitrogens with two attached hydrogens (primary N) is 1. The van der Waals surface area contributed by atoms with Gasteiger partial charge in [0.1, 0.15) is 0 Å². The summed E-state index contributed by atoms with van der Waals surface area (Å²) in [6.45, 7) is 2.07. The molecular formula is C15H15ClN2OS. The van der Waals surface area contributed by atoms with Crippen molar-refractivity contribution in [1.29, 1.82) is 0 Å². The Labute approximate surface area is 127 Å². The Kier molecular flexibility index (Phi) is 4.93. The predicted molar refractivity (Wildman–Crippen MR) is 84.7 cm³/mol. The molecule has 0 unspecified atom stereocenters. The third-order valence-corrected chi connectivity index (χ3v) is 4.23. The summed E-state index contributed by atoms with van der Waals surface area (Å²) in [7, 11) is 0. The molecule has 0 amide bonds. The molecule has 0 aliphatic rings. The van der Waals surface area contributed by atoms with Gasteiger partial charge in [-0.15, -0.1) is 11.8 Å². The van der Waals surface area contributed by atoms with Gasteiger partial charge < -0.3 is 10.9 Å². The maximum atomic E-state index is 8.64. The standard InChI is InChI=1S/C15H15ClN2OS/c1-10-3-2-4-13(7-10)20-9-12-6-5-11(8-14(12)16)15(17)18-19/h2-8,19H,9H2,1H3,(H2,17,18). The van der Waals surface area contributed by atoms with Crippen LogP contribution in [0.3, 0.4) is 0 Å². The van der Waals surface area contributed by atoms with E-state index in [1.807, 2.05) is 12.1 Å². The zero-order valence-corrected chi connectivity index (χ0v) is 12.6. The zero-order valence-electron chi connectivity index (χ0n) is 11.0. The zero-order chi connectivity index (χ0) is 14.5. The number of thioether (sulfide) groups is 1. The summed E-state index contributed by atoms with van der Waals surface area (Å²) in [5.41, 5.74) is 8.40. The Morgan fingerprint density at radius 3 is 2.75 bits per heavy atom. The maximum absolute atomic E-state index is 8.64. The van der Waals surface area contributed by atoms with Crippen LogP contribution in [-0.4, -0.2) is 11.0 Å².